The molecule has 1 aromatic heterocycles. The largest absolute Gasteiger partial charge is 0.494 e. The van der Waals surface area contributed by atoms with Crippen LogP contribution in [-0.4, -0.2) is 28.0 Å². The van der Waals surface area contributed by atoms with Crippen LogP contribution >= 0.6 is 23.1 Å². The fourth-order valence-corrected chi connectivity index (χ4v) is 5.88. The second-order valence-electron chi connectivity index (χ2n) is 9.10. The summed E-state index contributed by atoms with van der Waals surface area (Å²) < 4.78 is 10.3. The van der Waals surface area contributed by atoms with Gasteiger partial charge in [-0.15, -0.1) is 0 Å². The monoisotopic (exact) mass is 468 g/mol. The molecule has 2 N–H and O–H groups in total. The molecule has 2 fully saturated rings. The van der Waals surface area contributed by atoms with Crippen molar-refractivity contribution < 1.29 is 4.74 Å². The molecule has 5 rings (SSSR count). The normalized spacial score (nSPS) is 24.1. The summed E-state index contributed by atoms with van der Waals surface area (Å²) in [4.78, 5) is 4.68. The molecule has 5 nitrogen and oxygen atoms in total. The zero-order valence-electron chi connectivity index (χ0n) is 18.3. The first-order valence-corrected chi connectivity index (χ1v) is 12.5. The molecule has 168 valence electrons. The second kappa shape index (κ2) is 9.38. The predicted octanol–water partition coefficient (Wildman–Crippen LogP) is 5.69. The molecule has 2 aliphatic carbocycles. The van der Waals surface area contributed by atoms with Gasteiger partial charge in [-0.1, -0.05) is 41.9 Å². The summed E-state index contributed by atoms with van der Waals surface area (Å²) >= 11 is 7.43. The third-order valence-electron chi connectivity index (χ3n) is 6.64. The van der Waals surface area contributed by atoms with Gasteiger partial charge in [0, 0.05) is 47.2 Å². The van der Waals surface area contributed by atoms with E-state index >= 15 is 0 Å². The number of nitrogens with zero attached hydrogens (tertiary/aromatic N) is 2. The van der Waals surface area contributed by atoms with Gasteiger partial charge in [-0.3, -0.25) is 0 Å². The van der Waals surface area contributed by atoms with Crippen LogP contribution in [-0.2, 0) is 13.0 Å². The van der Waals surface area contributed by atoms with Crippen LogP contribution in [0.4, 0.5) is 5.13 Å². The van der Waals surface area contributed by atoms with Gasteiger partial charge in [0.05, 0.1) is 6.61 Å². The van der Waals surface area contributed by atoms with Gasteiger partial charge >= 0.3 is 0 Å². The van der Waals surface area contributed by atoms with Gasteiger partial charge in [0.15, 0.2) is 0 Å². The molecule has 1 heterocycles. The molecule has 32 heavy (non-hydrogen) atoms. The third kappa shape index (κ3) is 4.92. The van der Waals surface area contributed by atoms with E-state index in [0.29, 0.717) is 24.1 Å². The van der Waals surface area contributed by atoms with Gasteiger partial charge in [-0.2, -0.15) is 4.37 Å². The maximum Gasteiger partial charge on any atom is 0.202 e. The summed E-state index contributed by atoms with van der Waals surface area (Å²) in [5.74, 6) is 1.87. The van der Waals surface area contributed by atoms with Crippen LogP contribution < -0.4 is 15.4 Å². The Morgan fingerprint density at radius 3 is 2.59 bits per heavy atom. The van der Waals surface area contributed by atoms with Gasteiger partial charge < -0.3 is 15.4 Å². The van der Waals surface area contributed by atoms with Gasteiger partial charge in [0.2, 0.25) is 5.13 Å². The third-order valence-corrected chi connectivity index (χ3v) is 7.58. The number of rotatable bonds is 9. The van der Waals surface area contributed by atoms with Crippen LogP contribution in [0.15, 0.2) is 48.5 Å². The molecule has 1 spiro atoms. The first-order valence-electron chi connectivity index (χ1n) is 11.4. The minimum Gasteiger partial charge on any atom is -0.494 e. The van der Waals surface area contributed by atoms with Crippen LogP contribution in [0, 0.1) is 5.41 Å². The number of hydrogen-bond acceptors (Lipinski definition) is 6. The van der Waals surface area contributed by atoms with Crippen molar-refractivity contribution in [1.29, 1.82) is 0 Å². The van der Waals surface area contributed by atoms with Crippen molar-refractivity contribution >= 4 is 28.3 Å². The lowest BCUT2D eigenvalue weighted by Gasteiger charge is -2.58. The average Bonchev–Trinajstić information content (AvgIpc) is 3.18. The lowest BCUT2D eigenvalue weighted by Crippen LogP contribution is -2.58. The predicted molar refractivity (Wildman–Crippen MR) is 131 cm³/mol. The minimum absolute atomic E-state index is 0.519. The molecular weight excluding hydrogens is 440 g/mol. The summed E-state index contributed by atoms with van der Waals surface area (Å²) in [6.45, 7) is 3.61. The number of halogens is 1. The molecule has 2 aliphatic rings. The van der Waals surface area contributed by atoms with Crippen LogP contribution in [0.2, 0.25) is 5.02 Å². The van der Waals surface area contributed by atoms with Crippen molar-refractivity contribution in [1.82, 2.24) is 14.7 Å². The Balaban J connectivity index is 1.04. The first kappa shape index (κ1) is 21.7. The van der Waals surface area contributed by atoms with Gasteiger partial charge in [-0.05, 0) is 61.8 Å². The highest BCUT2D eigenvalue weighted by Crippen LogP contribution is 2.56. The average molecular weight is 469 g/mol. The molecule has 2 saturated carbocycles. The lowest BCUT2D eigenvalue weighted by atomic mass is 9.52. The zero-order valence-corrected chi connectivity index (χ0v) is 19.9. The van der Waals surface area contributed by atoms with Gasteiger partial charge in [-0.25, -0.2) is 4.98 Å². The Hall–Kier alpha value is -2.15. The highest BCUT2D eigenvalue weighted by atomic mass is 35.5. The summed E-state index contributed by atoms with van der Waals surface area (Å²) in [6, 6.07) is 17.3. The summed E-state index contributed by atoms with van der Waals surface area (Å²) in [5, 5.41) is 9.02. The maximum atomic E-state index is 5.96. The van der Waals surface area contributed by atoms with Crippen LogP contribution in [0.3, 0.4) is 0 Å². The smallest absolute Gasteiger partial charge is 0.202 e. The van der Waals surface area contributed by atoms with Crippen LogP contribution in [0.5, 0.6) is 5.75 Å². The standard InChI is InChI=1S/C25H29ClN4OS/c1-2-31-22-6-4-3-5-18(22)16-27-20-12-25(13-20)14-21(15-25)28-24-29-23(30-32-24)11-17-7-9-19(26)10-8-17/h3-10,20-21,27H,2,11-16H2,1H3,(H,28,29,30). The molecule has 0 unspecified atom stereocenters. The van der Waals surface area contributed by atoms with Crippen LogP contribution in [0.1, 0.15) is 49.6 Å². The number of nitrogens with one attached hydrogen (secondary N) is 2. The van der Waals surface area contributed by atoms with Crippen molar-refractivity contribution in [2.24, 2.45) is 5.41 Å². The molecule has 3 aromatic rings. The molecule has 0 radical (unpaired) electrons. The SMILES string of the molecule is CCOc1ccccc1CNC1CC2(C1)CC(Nc1nc(Cc3ccc(Cl)cc3)ns1)C2. The molecule has 0 saturated heterocycles. The Bertz CT molecular complexity index is 1040. The number of aromatic nitrogens is 2. The molecule has 0 bridgehead atoms. The molecule has 2 aromatic carbocycles. The van der Waals surface area contributed by atoms with Gasteiger partial charge in [0.1, 0.15) is 11.6 Å². The molecule has 0 atom stereocenters. The number of hydrogen-bond donors (Lipinski definition) is 2. The molecule has 0 amide bonds. The van der Waals surface area contributed by atoms with Crippen LogP contribution in [0.25, 0.3) is 0 Å². The Kier molecular flexibility index (Phi) is 6.35. The highest BCUT2D eigenvalue weighted by molar-refractivity contribution is 7.09. The van der Waals surface area contributed by atoms with E-state index in [-0.39, 0.29) is 0 Å². The summed E-state index contributed by atoms with van der Waals surface area (Å²) in [5.41, 5.74) is 2.94. The lowest BCUT2D eigenvalue weighted by molar-refractivity contribution is -0.0126. The van der Waals surface area contributed by atoms with E-state index in [4.69, 9.17) is 16.3 Å². The van der Waals surface area contributed by atoms with Crippen molar-refractivity contribution in [3.05, 3.63) is 70.5 Å². The van der Waals surface area contributed by atoms with E-state index in [1.54, 1.807) is 0 Å². The summed E-state index contributed by atoms with van der Waals surface area (Å²) in [7, 11) is 0. The number of anilines is 1. The van der Waals surface area contributed by atoms with E-state index in [2.05, 4.69) is 38.2 Å². The zero-order chi connectivity index (χ0) is 22.0. The number of para-hydroxylation sites is 1. The van der Waals surface area contributed by atoms with E-state index in [9.17, 15) is 0 Å². The van der Waals surface area contributed by atoms with E-state index in [1.807, 2.05) is 37.3 Å². The van der Waals surface area contributed by atoms with E-state index < -0.39 is 0 Å². The van der Waals surface area contributed by atoms with Crippen molar-refractivity contribution in [2.75, 3.05) is 11.9 Å². The fourth-order valence-electron chi connectivity index (χ4n) is 5.10. The Morgan fingerprint density at radius 2 is 1.81 bits per heavy atom. The highest BCUT2D eigenvalue weighted by Gasteiger charge is 2.52. The van der Waals surface area contributed by atoms with E-state index in [1.165, 1.54) is 48.3 Å². The fraction of sp³-hybridized carbons (Fsp3) is 0.440. The minimum atomic E-state index is 0.519. The van der Waals surface area contributed by atoms with Crippen molar-refractivity contribution in [3.8, 4) is 5.75 Å². The van der Waals surface area contributed by atoms with Gasteiger partial charge in [0.25, 0.3) is 0 Å². The van der Waals surface area contributed by atoms with E-state index in [0.717, 1.165) is 34.7 Å². The molecule has 0 aliphatic heterocycles. The molecular formula is C25H29ClN4OS. The maximum absolute atomic E-state index is 5.96. The quantitative estimate of drug-likeness (QED) is 0.422. The second-order valence-corrected chi connectivity index (χ2v) is 10.3. The topological polar surface area (TPSA) is 59.1 Å². The summed E-state index contributed by atoms with van der Waals surface area (Å²) in [6.07, 6.45) is 5.73. The number of benzene rings is 2. The van der Waals surface area contributed by atoms with Crippen molar-refractivity contribution in [3.63, 3.8) is 0 Å². The Labute approximate surface area is 198 Å². The first-order chi connectivity index (χ1) is 15.6. The number of ether oxygens (including phenoxy) is 1. The Morgan fingerprint density at radius 1 is 1.06 bits per heavy atom. The molecule has 7 heteroatoms. The van der Waals surface area contributed by atoms with Crippen molar-refractivity contribution in [2.45, 2.75) is 57.7 Å².